The minimum Gasteiger partial charge on any atom is -0.393 e. The quantitative estimate of drug-likeness (QED) is 0.677. The predicted octanol–water partition coefficient (Wildman–Crippen LogP) is 1.36. The van der Waals surface area contributed by atoms with Gasteiger partial charge >= 0.3 is 6.03 Å². The van der Waals surface area contributed by atoms with Crippen LogP contribution in [0.15, 0.2) is 12.4 Å². The molecule has 1 aromatic heterocycles. The van der Waals surface area contributed by atoms with Gasteiger partial charge in [0.25, 0.3) is 0 Å². The van der Waals surface area contributed by atoms with E-state index in [1.165, 1.54) is 0 Å². The van der Waals surface area contributed by atoms with Gasteiger partial charge in [0.05, 0.1) is 24.5 Å². The third kappa shape index (κ3) is 7.42. The maximum atomic E-state index is 11.9. The molecule has 0 aromatic carbocycles. The number of amides is 2. The molecular weight excluding hydrogens is 282 g/mol. The number of aromatic nitrogens is 2. The van der Waals surface area contributed by atoms with E-state index in [1.54, 1.807) is 17.8 Å². The van der Waals surface area contributed by atoms with Gasteiger partial charge in [0.1, 0.15) is 0 Å². The number of likely N-dealkylation sites (N-methyl/N-ethyl adjacent to an activating group) is 1. The van der Waals surface area contributed by atoms with Gasteiger partial charge in [-0.05, 0) is 32.9 Å². The second-order valence-electron chi connectivity index (χ2n) is 6.82. The second-order valence-corrected chi connectivity index (χ2v) is 6.82. The third-order valence-corrected chi connectivity index (χ3v) is 3.24. The molecule has 1 heterocycles. The van der Waals surface area contributed by atoms with Crippen molar-refractivity contribution in [2.75, 3.05) is 32.5 Å². The Kier molecular flexibility index (Phi) is 6.83. The topological polar surface area (TPSA) is 82.4 Å². The van der Waals surface area contributed by atoms with Crippen molar-refractivity contribution in [3.63, 3.8) is 0 Å². The first-order valence-corrected chi connectivity index (χ1v) is 7.58. The third-order valence-electron chi connectivity index (χ3n) is 3.24. The summed E-state index contributed by atoms with van der Waals surface area (Å²) in [6, 6.07) is -0.258. The van der Waals surface area contributed by atoms with Crippen molar-refractivity contribution in [2.24, 2.45) is 5.41 Å². The highest BCUT2D eigenvalue weighted by molar-refractivity contribution is 5.88. The van der Waals surface area contributed by atoms with Crippen LogP contribution < -0.4 is 10.6 Å². The summed E-state index contributed by atoms with van der Waals surface area (Å²) in [5, 5.41) is 19.2. The van der Waals surface area contributed by atoms with Crippen molar-refractivity contribution in [1.29, 1.82) is 0 Å². The summed E-state index contributed by atoms with van der Waals surface area (Å²) in [4.78, 5) is 14.0. The fourth-order valence-corrected chi connectivity index (χ4v) is 2.22. The molecule has 0 fully saturated rings. The van der Waals surface area contributed by atoms with E-state index in [4.69, 9.17) is 0 Å². The number of hydrogen-bond acceptors (Lipinski definition) is 4. The van der Waals surface area contributed by atoms with E-state index >= 15 is 0 Å². The van der Waals surface area contributed by atoms with Crippen LogP contribution >= 0.6 is 0 Å². The second kappa shape index (κ2) is 8.14. The fourth-order valence-electron chi connectivity index (χ4n) is 2.22. The van der Waals surface area contributed by atoms with Gasteiger partial charge in [0.15, 0.2) is 0 Å². The molecule has 3 N–H and O–H groups in total. The average molecular weight is 311 g/mol. The summed E-state index contributed by atoms with van der Waals surface area (Å²) in [6.07, 6.45) is 3.70. The molecule has 0 aliphatic carbocycles. The van der Waals surface area contributed by atoms with Crippen LogP contribution in [0.5, 0.6) is 0 Å². The van der Waals surface area contributed by atoms with Gasteiger partial charge in [-0.1, -0.05) is 13.8 Å². The average Bonchev–Trinajstić information content (AvgIpc) is 2.80. The molecule has 7 heteroatoms. The van der Waals surface area contributed by atoms with Gasteiger partial charge in [-0.2, -0.15) is 5.10 Å². The molecule has 1 aromatic rings. The Morgan fingerprint density at radius 1 is 1.50 bits per heavy atom. The highest BCUT2D eigenvalue weighted by Crippen LogP contribution is 2.21. The van der Waals surface area contributed by atoms with Gasteiger partial charge in [0, 0.05) is 19.3 Å². The minimum absolute atomic E-state index is 0.151. The van der Waals surface area contributed by atoms with Crippen molar-refractivity contribution in [3.05, 3.63) is 12.4 Å². The van der Waals surface area contributed by atoms with Crippen molar-refractivity contribution < 1.29 is 9.90 Å². The van der Waals surface area contributed by atoms with Gasteiger partial charge in [-0.25, -0.2) is 4.79 Å². The maximum Gasteiger partial charge on any atom is 0.319 e. The Morgan fingerprint density at radius 2 is 2.18 bits per heavy atom. The zero-order valence-corrected chi connectivity index (χ0v) is 14.3. The fraction of sp³-hybridized carbons (Fsp3) is 0.733. The summed E-state index contributed by atoms with van der Waals surface area (Å²) >= 11 is 0. The lowest BCUT2D eigenvalue weighted by atomic mass is 9.87. The summed E-state index contributed by atoms with van der Waals surface area (Å²) in [7, 11) is 4.01. The van der Waals surface area contributed by atoms with E-state index in [0.717, 1.165) is 13.1 Å². The highest BCUT2D eigenvalue weighted by atomic mass is 16.3. The molecule has 22 heavy (non-hydrogen) atoms. The maximum absolute atomic E-state index is 11.9. The molecule has 1 atom stereocenters. The Balaban J connectivity index is 2.39. The monoisotopic (exact) mass is 311 g/mol. The molecule has 2 amide bonds. The van der Waals surface area contributed by atoms with Crippen LogP contribution in [-0.4, -0.2) is 59.1 Å². The van der Waals surface area contributed by atoms with Crippen LogP contribution in [-0.2, 0) is 6.54 Å². The van der Waals surface area contributed by atoms with Gasteiger partial charge < -0.3 is 20.6 Å². The molecule has 0 aliphatic rings. The lowest BCUT2D eigenvalue weighted by molar-refractivity contribution is 0.129. The zero-order valence-electron chi connectivity index (χ0n) is 14.3. The number of rotatable bonds is 8. The number of aliphatic hydroxyl groups is 1. The molecular formula is C15H29N5O2. The van der Waals surface area contributed by atoms with E-state index in [0.29, 0.717) is 18.7 Å². The first-order chi connectivity index (χ1) is 10.2. The van der Waals surface area contributed by atoms with Crippen molar-refractivity contribution >= 4 is 11.7 Å². The molecule has 126 valence electrons. The van der Waals surface area contributed by atoms with Crippen LogP contribution in [0.25, 0.3) is 0 Å². The van der Waals surface area contributed by atoms with E-state index in [9.17, 15) is 9.90 Å². The number of carbonyl (C=O) groups is 1. The van der Waals surface area contributed by atoms with E-state index in [-0.39, 0.29) is 17.6 Å². The van der Waals surface area contributed by atoms with E-state index in [2.05, 4.69) is 20.6 Å². The molecule has 7 nitrogen and oxygen atoms in total. The molecule has 1 unspecified atom stereocenters. The number of aliphatic hydroxyl groups excluding tert-OH is 1. The standard InChI is InChI=1S/C15H29N5O2/c1-12(21)8-15(2,3)11-16-14(22)18-13-9-17-20(10-13)7-6-19(4)5/h9-10,12,21H,6-8,11H2,1-5H3,(H2,16,18,22). The number of urea groups is 1. The number of anilines is 1. The van der Waals surface area contributed by atoms with Crippen LogP contribution in [0, 0.1) is 5.41 Å². The van der Waals surface area contributed by atoms with Crippen LogP contribution in [0.2, 0.25) is 0 Å². The molecule has 0 bridgehead atoms. The van der Waals surface area contributed by atoms with Crippen LogP contribution in [0.4, 0.5) is 10.5 Å². The Morgan fingerprint density at radius 3 is 2.77 bits per heavy atom. The highest BCUT2D eigenvalue weighted by Gasteiger charge is 2.21. The van der Waals surface area contributed by atoms with Crippen molar-refractivity contribution in [2.45, 2.75) is 39.8 Å². The smallest absolute Gasteiger partial charge is 0.319 e. The lowest BCUT2D eigenvalue weighted by Crippen LogP contribution is -2.38. The summed E-state index contributed by atoms with van der Waals surface area (Å²) in [5.74, 6) is 0. The van der Waals surface area contributed by atoms with Gasteiger partial charge in [-0.3, -0.25) is 4.68 Å². The molecule has 1 rings (SSSR count). The molecule has 0 spiro atoms. The van der Waals surface area contributed by atoms with Gasteiger partial charge in [0.2, 0.25) is 0 Å². The summed E-state index contributed by atoms with van der Waals surface area (Å²) < 4.78 is 1.80. The van der Waals surface area contributed by atoms with Crippen LogP contribution in [0.3, 0.4) is 0 Å². The number of nitrogens with one attached hydrogen (secondary N) is 2. The first kappa shape index (κ1) is 18.4. The first-order valence-electron chi connectivity index (χ1n) is 7.58. The summed E-state index contributed by atoms with van der Waals surface area (Å²) in [5.41, 5.74) is 0.520. The lowest BCUT2D eigenvalue weighted by Gasteiger charge is -2.26. The number of hydrogen-bond donors (Lipinski definition) is 3. The van der Waals surface area contributed by atoms with Crippen molar-refractivity contribution in [1.82, 2.24) is 20.0 Å². The predicted molar refractivity (Wildman–Crippen MR) is 87.9 cm³/mol. The number of carbonyl (C=O) groups excluding carboxylic acids is 1. The Labute approximate surface area is 132 Å². The van der Waals surface area contributed by atoms with E-state index in [1.807, 2.05) is 34.1 Å². The minimum atomic E-state index is -0.380. The van der Waals surface area contributed by atoms with Crippen LogP contribution in [0.1, 0.15) is 27.2 Å². The Bertz CT molecular complexity index is 468. The van der Waals surface area contributed by atoms with Crippen molar-refractivity contribution in [3.8, 4) is 0 Å². The SMILES string of the molecule is CC(O)CC(C)(C)CNC(=O)Nc1cnn(CCN(C)C)c1. The Hall–Kier alpha value is -1.60. The summed E-state index contributed by atoms with van der Waals surface area (Å²) in [6.45, 7) is 7.94. The molecule has 0 saturated carbocycles. The van der Waals surface area contributed by atoms with Gasteiger partial charge in [-0.15, -0.1) is 0 Å². The molecule has 0 saturated heterocycles. The molecule has 0 radical (unpaired) electrons. The zero-order chi connectivity index (χ0) is 16.8. The largest absolute Gasteiger partial charge is 0.393 e. The normalized spacial score (nSPS) is 13.2. The molecule has 0 aliphatic heterocycles. The number of nitrogens with zero attached hydrogens (tertiary/aromatic N) is 3. The van der Waals surface area contributed by atoms with E-state index < -0.39 is 0 Å².